The van der Waals surface area contributed by atoms with E-state index in [1.807, 2.05) is 23.1 Å². The van der Waals surface area contributed by atoms with E-state index in [0.717, 1.165) is 32.0 Å². The molecule has 2 atom stereocenters. The van der Waals surface area contributed by atoms with Gasteiger partial charge in [-0.15, -0.1) is 0 Å². The lowest BCUT2D eigenvalue weighted by molar-refractivity contribution is -0.136. The molecule has 0 aromatic heterocycles. The van der Waals surface area contributed by atoms with Crippen molar-refractivity contribution in [3.63, 3.8) is 0 Å². The average Bonchev–Trinajstić information content (AvgIpc) is 2.83. The first-order valence-corrected chi connectivity index (χ1v) is 7.98. The van der Waals surface area contributed by atoms with E-state index in [9.17, 15) is 4.79 Å². The van der Waals surface area contributed by atoms with Gasteiger partial charge in [0, 0.05) is 31.6 Å². The van der Waals surface area contributed by atoms with Gasteiger partial charge in [0.2, 0.25) is 0 Å². The molecule has 23 heavy (non-hydrogen) atoms. The Hall–Kier alpha value is -1.79. The number of likely N-dealkylation sites (N-methyl/N-ethyl adjacent to an activating group) is 1. The molecule has 3 rings (SSSR count). The second-order valence-electron chi connectivity index (χ2n) is 6.29. The number of carbonyl (C=O) groups is 1. The molecule has 2 aliphatic rings. The smallest absolute Gasteiger partial charge is 0.260 e. The summed E-state index contributed by atoms with van der Waals surface area (Å²) >= 11 is 0. The fourth-order valence-corrected chi connectivity index (χ4v) is 3.30. The summed E-state index contributed by atoms with van der Waals surface area (Å²) in [6.45, 7) is 3.93. The molecule has 0 spiro atoms. The van der Waals surface area contributed by atoms with Gasteiger partial charge >= 0.3 is 0 Å². The van der Waals surface area contributed by atoms with Gasteiger partial charge in [-0.1, -0.05) is 6.07 Å². The lowest BCUT2D eigenvalue weighted by Crippen LogP contribution is -2.47. The predicted molar refractivity (Wildman–Crippen MR) is 85.8 cm³/mol. The molecule has 0 saturated carbocycles. The van der Waals surface area contributed by atoms with Crippen LogP contribution in [0, 0.1) is 5.92 Å². The summed E-state index contributed by atoms with van der Waals surface area (Å²) < 4.78 is 16.5. The van der Waals surface area contributed by atoms with E-state index in [1.165, 1.54) is 0 Å². The van der Waals surface area contributed by atoms with Crippen molar-refractivity contribution in [2.75, 3.05) is 53.6 Å². The van der Waals surface area contributed by atoms with Gasteiger partial charge in [-0.25, -0.2) is 0 Å². The van der Waals surface area contributed by atoms with E-state index in [1.54, 1.807) is 13.2 Å². The van der Waals surface area contributed by atoms with Crippen LogP contribution in [0.5, 0.6) is 11.5 Å². The molecule has 0 unspecified atom stereocenters. The Balaban J connectivity index is 1.63. The number of hydrogen-bond acceptors (Lipinski definition) is 5. The second kappa shape index (κ2) is 7.19. The maximum absolute atomic E-state index is 12.6. The Morgan fingerprint density at radius 3 is 2.91 bits per heavy atom. The van der Waals surface area contributed by atoms with Crippen LogP contribution in [-0.4, -0.2) is 75.4 Å². The summed E-state index contributed by atoms with van der Waals surface area (Å²) in [6, 6.07) is 7.41. The molecule has 1 aromatic carbocycles. The van der Waals surface area contributed by atoms with Gasteiger partial charge in [0.1, 0.15) is 11.5 Å². The molecule has 1 aromatic rings. The minimum atomic E-state index is 0.0172. The largest absolute Gasteiger partial charge is 0.497 e. The molecule has 6 heteroatoms. The molecule has 0 radical (unpaired) electrons. The number of nitrogens with zero attached hydrogens (tertiary/aromatic N) is 2. The van der Waals surface area contributed by atoms with Crippen LogP contribution in [0.1, 0.15) is 0 Å². The first-order valence-electron chi connectivity index (χ1n) is 7.98. The number of ether oxygens (including phenoxy) is 3. The third-order valence-electron chi connectivity index (χ3n) is 4.38. The van der Waals surface area contributed by atoms with Crippen LogP contribution < -0.4 is 9.47 Å². The Morgan fingerprint density at radius 1 is 1.26 bits per heavy atom. The molecule has 2 aliphatic heterocycles. The van der Waals surface area contributed by atoms with Crippen molar-refractivity contribution in [1.29, 1.82) is 0 Å². The van der Waals surface area contributed by atoms with Gasteiger partial charge in [0.15, 0.2) is 6.61 Å². The van der Waals surface area contributed by atoms with Crippen LogP contribution in [0.15, 0.2) is 24.3 Å². The molecule has 1 amide bonds. The van der Waals surface area contributed by atoms with Crippen molar-refractivity contribution in [3.05, 3.63) is 24.3 Å². The monoisotopic (exact) mass is 320 g/mol. The zero-order valence-corrected chi connectivity index (χ0v) is 13.7. The van der Waals surface area contributed by atoms with E-state index >= 15 is 0 Å². The van der Waals surface area contributed by atoms with Crippen LogP contribution in [0.4, 0.5) is 0 Å². The maximum Gasteiger partial charge on any atom is 0.260 e. The first kappa shape index (κ1) is 16.1. The summed E-state index contributed by atoms with van der Waals surface area (Å²) in [5, 5.41) is 0. The third-order valence-corrected chi connectivity index (χ3v) is 4.38. The standard InChI is InChI=1S/C17H24N2O4/c1-18-7-13-8-19(14(9-18)11-22-10-13)17(20)12-23-16-5-3-4-15(6-16)21-2/h3-6,13-14H,7-12H2,1-2H3/t13-,14-/m0/s1. The van der Waals surface area contributed by atoms with Crippen LogP contribution in [0.2, 0.25) is 0 Å². The summed E-state index contributed by atoms with van der Waals surface area (Å²) in [5.41, 5.74) is 0. The third kappa shape index (κ3) is 3.95. The van der Waals surface area contributed by atoms with Gasteiger partial charge in [-0.2, -0.15) is 0 Å². The quantitative estimate of drug-likeness (QED) is 0.824. The molecule has 126 valence electrons. The highest BCUT2D eigenvalue weighted by Gasteiger charge is 2.34. The van der Waals surface area contributed by atoms with E-state index in [2.05, 4.69) is 11.9 Å². The van der Waals surface area contributed by atoms with Crippen molar-refractivity contribution in [2.24, 2.45) is 5.92 Å². The summed E-state index contributed by atoms with van der Waals surface area (Å²) in [7, 11) is 3.71. The van der Waals surface area contributed by atoms with E-state index in [-0.39, 0.29) is 18.6 Å². The number of carbonyl (C=O) groups excluding carboxylic acids is 1. The Bertz CT molecular complexity index is 551. The van der Waals surface area contributed by atoms with Gasteiger partial charge in [-0.3, -0.25) is 4.79 Å². The Labute approximate surface area is 136 Å². The fraction of sp³-hybridized carbons (Fsp3) is 0.588. The van der Waals surface area contributed by atoms with Crippen molar-refractivity contribution in [3.8, 4) is 11.5 Å². The molecule has 2 saturated heterocycles. The highest BCUT2D eigenvalue weighted by Crippen LogP contribution is 2.21. The lowest BCUT2D eigenvalue weighted by Gasteiger charge is -2.29. The zero-order valence-electron chi connectivity index (χ0n) is 13.7. The van der Waals surface area contributed by atoms with Crippen LogP contribution in [0.3, 0.4) is 0 Å². The number of amides is 1. The average molecular weight is 320 g/mol. The van der Waals surface area contributed by atoms with E-state index in [4.69, 9.17) is 14.2 Å². The zero-order chi connectivity index (χ0) is 16.2. The minimum Gasteiger partial charge on any atom is -0.497 e. The molecule has 6 nitrogen and oxygen atoms in total. The van der Waals surface area contributed by atoms with Crippen molar-refractivity contribution < 1.29 is 19.0 Å². The second-order valence-corrected chi connectivity index (χ2v) is 6.29. The Morgan fingerprint density at radius 2 is 2.09 bits per heavy atom. The van der Waals surface area contributed by atoms with Crippen LogP contribution >= 0.6 is 0 Å². The number of rotatable bonds is 4. The van der Waals surface area contributed by atoms with Crippen LogP contribution in [-0.2, 0) is 9.53 Å². The van der Waals surface area contributed by atoms with Crippen molar-refractivity contribution >= 4 is 5.91 Å². The summed E-state index contributed by atoms with van der Waals surface area (Å²) in [4.78, 5) is 16.8. The maximum atomic E-state index is 12.6. The summed E-state index contributed by atoms with van der Waals surface area (Å²) in [5.74, 6) is 1.75. The highest BCUT2D eigenvalue weighted by molar-refractivity contribution is 5.78. The van der Waals surface area contributed by atoms with E-state index in [0.29, 0.717) is 18.3 Å². The number of methoxy groups -OCH3 is 1. The molecule has 2 bridgehead atoms. The topological polar surface area (TPSA) is 51.2 Å². The molecular weight excluding hydrogens is 296 g/mol. The number of benzene rings is 1. The van der Waals surface area contributed by atoms with Gasteiger partial charge < -0.3 is 24.0 Å². The van der Waals surface area contributed by atoms with Crippen molar-refractivity contribution in [2.45, 2.75) is 6.04 Å². The fourth-order valence-electron chi connectivity index (χ4n) is 3.30. The predicted octanol–water partition coefficient (Wildman–Crippen LogP) is 0.863. The first-order chi connectivity index (χ1) is 11.2. The number of hydrogen-bond donors (Lipinski definition) is 0. The van der Waals surface area contributed by atoms with Gasteiger partial charge in [0.05, 0.1) is 26.4 Å². The van der Waals surface area contributed by atoms with E-state index < -0.39 is 0 Å². The SMILES string of the molecule is COc1cccc(OCC(=O)N2C[C@H]3COC[C@@H]2CN(C)C3)c1. The molecular formula is C17H24N2O4. The molecule has 2 fully saturated rings. The van der Waals surface area contributed by atoms with Gasteiger partial charge in [-0.05, 0) is 19.2 Å². The van der Waals surface area contributed by atoms with Crippen molar-refractivity contribution in [1.82, 2.24) is 9.80 Å². The molecule has 0 aliphatic carbocycles. The summed E-state index contributed by atoms with van der Waals surface area (Å²) in [6.07, 6.45) is 0. The normalized spacial score (nSPS) is 24.9. The number of fused-ring (bicyclic) bond motifs is 3. The van der Waals surface area contributed by atoms with Gasteiger partial charge in [0.25, 0.3) is 5.91 Å². The molecule has 0 N–H and O–H groups in total. The Kier molecular flexibility index (Phi) is 5.03. The molecule has 2 heterocycles. The lowest BCUT2D eigenvalue weighted by atomic mass is 10.1. The van der Waals surface area contributed by atoms with Crippen LogP contribution in [0.25, 0.3) is 0 Å². The highest BCUT2D eigenvalue weighted by atomic mass is 16.5. The minimum absolute atomic E-state index is 0.0172.